The predicted molar refractivity (Wildman–Crippen MR) is 261 cm³/mol. The average Bonchev–Trinajstić information content (AvgIpc) is 3.69. The molecule has 1 aliphatic rings. The van der Waals surface area contributed by atoms with Crippen LogP contribution in [0.2, 0.25) is 84.1 Å². The first-order valence-electron chi connectivity index (χ1n) is 20.7. The molecule has 0 saturated carbocycles. The molecule has 0 aromatic heterocycles. The van der Waals surface area contributed by atoms with Crippen LogP contribution in [-0.2, 0) is 35.1 Å². The first kappa shape index (κ1) is 52.6. The summed E-state index contributed by atoms with van der Waals surface area (Å²) in [6, 6.07) is 37.3. The van der Waals surface area contributed by atoms with Crippen molar-refractivity contribution in [3.63, 3.8) is 0 Å². The molecule has 1 atom stereocenters. The first-order valence-corrected chi connectivity index (χ1v) is 36.0. The summed E-state index contributed by atoms with van der Waals surface area (Å²) in [6.07, 6.45) is 4.12. The molecule has 0 fully saturated rings. The number of allylic oxidation sites excluding steroid dienone is 4. The fraction of sp³-hybridized carbons (Fsp3) is 0.412. The fourth-order valence-electron chi connectivity index (χ4n) is 7.73. The molecule has 0 saturated heterocycles. The Balaban J connectivity index is 0.000000301. The summed E-state index contributed by atoms with van der Waals surface area (Å²) in [4.78, 5) is 0. The van der Waals surface area contributed by atoms with Crippen molar-refractivity contribution in [1.82, 2.24) is 0 Å². The minimum atomic E-state index is -1.32. The summed E-state index contributed by atoms with van der Waals surface area (Å²) >= 11 is 1.46. The van der Waals surface area contributed by atoms with E-state index in [4.69, 9.17) is 0 Å². The third-order valence-corrected chi connectivity index (χ3v) is 21.3. The Bertz CT molecular complexity index is 2100. The number of hydrogen-bond donors (Lipinski definition) is 0. The van der Waals surface area contributed by atoms with Gasteiger partial charge in [-0.3, -0.25) is 6.08 Å². The van der Waals surface area contributed by atoms with Gasteiger partial charge in [0.25, 0.3) is 0 Å². The van der Waals surface area contributed by atoms with E-state index in [2.05, 4.69) is 229 Å². The van der Waals surface area contributed by atoms with E-state index in [-0.39, 0.29) is 35.6 Å². The summed E-state index contributed by atoms with van der Waals surface area (Å²) in [5.74, 6) is 0. The molecule has 0 bridgehead atoms. The van der Waals surface area contributed by atoms with Crippen LogP contribution in [0, 0.1) is 6.08 Å². The summed E-state index contributed by atoms with van der Waals surface area (Å²) in [5.41, 5.74) is 6.56. The Morgan fingerprint density at radius 1 is 0.534 bits per heavy atom. The molecular formula is C51H72Cl2Si4Zr-2. The van der Waals surface area contributed by atoms with Gasteiger partial charge in [-0.25, -0.2) is 10.4 Å². The van der Waals surface area contributed by atoms with Gasteiger partial charge in [0.1, 0.15) is 0 Å². The summed E-state index contributed by atoms with van der Waals surface area (Å²) in [7, 11) is -5.18. The summed E-state index contributed by atoms with van der Waals surface area (Å²) in [6.45, 7) is 44.1. The second-order valence-corrected chi connectivity index (χ2v) is 43.8. The fourth-order valence-corrected chi connectivity index (χ4v) is 22.7. The van der Waals surface area contributed by atoms with Crippen LogP contribution < -0.4 is 24.8 Å². The SMILES string of the molecule is CC(C)(C)c1ccc2c(c1)[cH-]c1cc(C(C)(C)C)ccc12.C[Si](C)(C)C1=[C-]C([Si](C)(C)C)C([Si](C)(C)C)=C1[Si](C)(C)C.[Cl-].[Cl-].[Zr+2]=[C](c1ccccc1)c1ccccc1. The standard InChI is InChI=1S/C21H25.C17H37Si4.C13H10.2ClH.Zr/c1-20(2,3)16-7-9-18-14(12-16)11-15-13-17(21(4,5)6)8-10-19(15)18;1-18(2,3)14-13-15(19(4,5)6)17(21(10,11)12)16(14)20(7,8)9;1-3-7-12(8-4-1)11-13-9-5-2-6-10-13;;;/h7-13H,1-6H3;14H,1-12H3;1-10H;2*1H;/q2*-1;;;;+2/p-2. The van der Waals surface area contributed by atoms with Gasteiger partial charge >= 0.3 is 99.2 Å². The van der Waals surface area contributed by atoms with Crippen molar-refractivity contribution in [2.75, 3.05) is 0 Å². The molecule has 58 heavy (non-hydrogen) atoms. The van der Waals surface area contributed by atoms with E-state index in [1.54, 1.807) is 5.20 Å². The molecule has 0 N–H and O–H groups in total. The van der Waals surface area contributed by atoms with Crippen molar-refractivity contribution < 1.29 is 49.0 Å². The van der Waals surface area contributed by atoms with E-state index in [1.165, 1.54) is 71.2 Å². The summed E-state index contributed by atoms with van der Waals surface area (Å²) < 4.78 is 1.42. The van der Waals surface area contributed by atoms with Crippen molar-refractivity contribution in [1.29, 1.82) is 0 Å². The van der Waals surface area contributed by atoms with Crippen LogP contribution in [0.15, 0.2) is 119 Å². The Labute approximate surface area is 386 Å². The normalized spacial score (nSPS) is 15.1. The van der Waals surface area contributed by atoms with Gasteiger partial charge in [0.15, 0.2) is 0 Å². The van der Waals surface area contributed by atoms with Gasteiger partial charge in [0.2, 0.25) is 0 Å². The molecule has 0 spiro atoms. The third-order valence-electron chi connectivity index (χ3n) is 10.8. The van der Waals surface area contributed by atoms with E-state index in [1.807, 2.05) is 10.4 Å². The number of halogens is 2. The van der Waals surface area contributed by atoms with Gasteiger partial charge in [-0.15, -0.1) is 45.3 Å². The molecule has 0 nitrogen and oxygen atoms in total. The number of hydrogen-bond acceptors (Lipinski definition) is 0. The van der Waals surface area contributed by atoms with Crippen molar-refractivity contribution in [2.45, 2.75) is 136 Å². The molecule has 0 amide bonds. The molecular weight excluding hydrogens is 887 g/mol. The molecule has 5 aromatic carbocycles. The van der Waals surface area contributed by atoms with Crippen LogP contribution in [-0.4, -0.2) is 35.5 Å². The number of benzene rings is 4. The van der Waals surface area contributed by atoms with Crippen LogP contribution >= 0.6 is 0 Å². The zero-order valence-electron chi connectivity index (χ0n) is 39.1. The molecule has 0 heterocycles. The zero-order valence-corrected chi connectivity index (χ0v) is 47.1. The van der Waals surface area contributed by atoms with E-state index in [0.717, 1.165) is 0 Å². The molecule has 0 aliphatic heterocycles. The average molecular weight is 960 g/mol. The van der Waals surface area contributed by atoms with Gasteiger partial charge < -0.3 is 24.8 Å². The van der Waals surface area contributed by atoms with Crippen LogP contribution in [0.4, 0.5) is 0 Å². The Hall–Kier alpha value is -1.57. The number of fused-ring (bicyclic) bond motifs is 3. The van der Waals surface area contributed by atoms with E-state index in [0.29, 0.717) is 5.54 Å². The Kier molecular flexibility index (Phi) is 17.8. The van der Waals surface area contributed by atoms with E-state index >= 15 is 0 Å². The first-order chi connectivity index (χ1) is 25.5. The number of rotatable bonds is 6. The minimum absolute atomic E-state index is 0. The zero-order chi connectivity index (χ0) is 42.2. The second kappa shape index (κ2) is 19.6. The molecule has 1 aliphatic carbocycles. The monoisotopic (exact) mass is 956 g/mol. The van der Waals surface area contributed by atoms with Crippen LogP contribution in [0.1, 0.15) is 63.8 Å². The van der Waals surface area contributed by atoms with Gasteiger partial charge in [0, 0.05) is 16.1 Å². The molecule has 6 rings (SSSR count). The van der Waals surface area contributed by atoms with Crippen molar-refractivity contribution in [2.24, 2.45) is 0 Å². The van der Waals surface area contributed by atoms with Crippen LogP contribution in [0.3, 0.4) is 0 Å². The Morgan fingerprint density at radius 2 is 0.914 bits per heavy atom. The maximum atomic E-state index is 4.12. The molecule has 7 heteroatoms. The predicted octanol–water partition coefficient (Wildman–Crippen LogP) is 9.48. The van der Waals surface area contributed by atoms with Gasteiger partial charge in [-0.05, 0) is 18.9 Å². The molecule has 0 radical (unpaired) electrons. The molecule has 5 aromatic rings. The second-order valence-electron chi connectivity index (χ2n) is 22.2. The Morgan fingerprint density at radius 3 is 1.21 bits per heavy atom. The third kappa shape index (κ3) is 13.2. The van der Waals surface area contributed by atoms with E-state index in [9.17, 15) is 0 Å². The van der Waals surface area contributed by atoms with Crippen LogP contribution in [0.5, 0.6) is 0 Å². The van der Waals surface area contributed by atoms with Gasteiger partial charge in [-0.1, -0.05) is 155 Å². The van der Waals surface area contributed by atoms with Crippen molar-refractivity contribution in [3.8, 4) is 0 Å². The topological polar surface area (TPSA) is 0 Å². The van der Waals surface area contributed by atoms with Crippen LogP contribution in [0.25, 0.3) is 21.5 Å². The van der Waals surface area contributed by atoms with Gasteiger partial charge in [-0.2, -0.15) is 5.20 Å². The van der Waals surface area contributed by atoms with Gasteiger partial charge in [0.05, 0.1) is 8.07 Å². The van der Waals surface area contributed by atoms with Crippen molar-refractivity contribution in [3.05, 3.63) is 147 Å². The molecule has 312 valence electrons. The quantitative estimate of drug-likeness (QED) is 0.118. The maximum absolute atomic E-state index is 4.12. The molecule has 1 unspecified atom stereocenters. The summed E-state index contributed by atoms with van der Waals surface area (Å²) in [5, 5.41) is 10.9. The van der Waals surface area contributed by atoms with E-state index < -0.39 is 32.3 Å². The van der Waals surface area contributed by atoms with Crippen molar-refractivity contribution >= 4 is 57.0 Å².